The minimum absolute atomic E-state index is 0.00914. The van der Waals surface area contributed by atoms with E-state index in [0.29, 0.717) is 12.1 Å². The third-order valence-electron chi connectivity index (χ3n) is 5.01. The maximum Gasteiger partial charge on any atom is 0.114 e. The summed E-state index contributed by atoms with van der Waals surface area (Å²) in [5.74, 6) is 0.729. The number of aliphatic hydroxyl groups excluding tert-OH is 1. The van der Waals surface area contributed by atoms with Crippen molar-refractivity contribution in [2.24, 2.45) is 5.92 Å². The number of nitrogens with one attached hydrogen (secondary N) is 3. The maximum absolute atomic E-state index is 10.1. The van der Waals surface area contributed by atoms with Crippen LogP contribution in [-0.4, -0.2) is 42.9 Å². The lowest BCUT2D eigenvalue weighted by molar-refractivity contribution is 0.0246. The van der Waals surface area contributed by atoms with Gasteiger partial charge < -0.3 is 9.84 Å². The van der Waals surface area contributed by atoms with Gasteiger partial charge in [0.05, 0.1) is 6.10 Å². The molecule has 20 heavy (non-hydrogen) atoms. The molecular formula is C15H29N3O2. The summed E-state index contributed by atoms with van der Waals surface area (Å²) in [5.41, 5.74) is 0. The predicted octanol–water partition coefficient (Wildman–Crippen LogP) is 0.889. The number of hydrogen-bond acceptors (Lipinski definition) is 5. The second-order valence-electron chi connectivity index (χ2n) is 6.57. The molecule has 0 aromatic carbocycles. The first-order chi connectivity index (χ1) is 9.81. The minimum Gasteiger partial charge on any atom is -0.378 e. The Balaban J connectivity index is 1.47. The van der Waals surface area contributed by atoms with E-state index < -0.39 is 6.23 Å². The molecule has 0 amide bonds. The second kappa shape index (κ2) is 7.18. The molecular weight excluding hydrogens is 254 g/mol. The van der Waals surface area contributed by atoms with Gasteiger partial charge in [-0.25, -0.2) is 0 Å². The Hall–Kier alpha value is -0.200. The van der Waals surface area contributed by atoms with Gasteiger partial charge in [0.15, 0.2) is 0 Å². The summed E-state index contributed by atoms with van der Waals surface area (Å²) in [7, 11) is 0. The largest absolute Gasteiger partial charge is 0.378 e. The van der Waals surface area contributed by atoms with Crippen LogP contribution in [0.25, 0.3) is 0 Å². The molecule has 0 spiro atoms. The summed E-state index contributed by atoms with van der Waals surface area (Å²) < 4.78 is 5.63. The quantitative estimate of drug-likeness (QED) is 0.617. The Morgan fingerprint density at radius 3 is 2.65 bits per heavy atom. The lowest BCUT2D eigenvalue weighted by Gasteiger charge is -2.41. The van der Waals surface area contributed by atoms with Crippen molar-refractivity contribution in [2.45, 2.75) is 76.0 Å². The summed E-state index contributed by atoms with van der Waals surface area (Å²) >= 11 is 0. The zero-order valence-electron chi connectivity index (χ0n) is 12.3. The maximum atomic E-state index is 10.1. The summed E-state index contributed by atoms with van der Waals surface area (Å²) in [4.78, 5) is 0. The van der Waals surface area contributed by atoms with Crippen LogP contribution in [0, 0.1) is 5.92 Å². The Labute approximate surface area is 121 Å². The molecule has 4 atom stereocenters. The van der Waals surface area contributed by atoms with Gasteiger partial charge in [0.1, 0.15) is 12.5 Å². The molecule has 116 valence electrons. The van der Waals surface area contributed by atoms with Crippen molar-refractivity contribution in [3.05, 3.63) is 0 Å². The average Bonchev–Trinajstić information content (AvgIpc) is 2.99. The van der Waals surface area contributed by atoms with Crippen molar-refractivity contribution < 1.29 is 9.84 Å². The first-order valence-corrected chi connectivity index (χ1v) is 8.36. The molecule has 0 aromatic rings. The lowest BCUT2D eigenvalue weighted by Crippen LogP contribution is -2.66. The van der Waals surface area contributed by atoms with E-state index >= 15 is 0 Å². The third-order valence-corrected chi connectivity index (χ3v) is 5.01. The molecule has 3 fully saturated rings. The number of ether oxygens (including phenoxy) is 1. The van der Waals surface area contributed by atoms with Crippen LogP contribution in [0.4, 0.5) is 0 Å². The van der Waals surface area contributed by atoms with Crippen LogP contribution in [0.2, 0.25) is 0 Å². The molecule has 3 rings (SSSR count). The molecule has 3 aliphatic rings. The summed E-state index contributed by atoms with van der Waals surface area (Å²) in [6.45, 7) is 1.75. The number of rotatable bonds is 4. The minimum atomic E-state index is -0.398. The van der Waals surface area contributed by atoms with Gasteiger partial charge in [-0.1, -0.05) is 19.3 Å². The zero-order chi connectivity index (χ0) is 13.8. The molecule has 5 nitrogen and oxygen atoms in total. The highest BCUT2D eigenvalue weighted by molar-refractivity contribution is 4.87. The van der Waals surface area contributed by atoms with Crippen molar-refractivity contribution in [1.82, 2.24) is 16.0 Å². The van der Waals surface area contributed by atoms with Crippen molar-refractivity contribution in [1.29, 1.82) is 0 Å². The molecule has 3 unspecified atom stereocenters. The van der Waals surface area contributed by atoms with Crippen LogP contribution in [0.3, 0.4) is 0 Å². The van der Waals surface area contributed by atoms with E-state index in [9.17, 15) is 5.11 Å². The Morgan fingerprint density at radius 2 is 1.90 bits per heavy atom. The standard InChI is InChI=1S/C15H29N3O2/c19-14-9-13(11-5-2-1-3-6-11)17-15(18-14)16-10-12-7-4-8-20-12/h11-19H,1-10H2/t12-,13?,14?,15?/m0/s1. The van der Waals surface area contributed by atoms with Gasteiger partial charge >= 0.3 is 0 Å². The van der Waals surface area contributed by atoms with Crippen LogP contribution in [-0.2, 0) is 4.74 Å². The molecule has 2 saturated heterocycles. The summed E-state index contributed by atoms with van der Waals surface area (Å²) in [5, 5.41) is 20.3. The smallest absolute Gasteiger partial charge is 0.114 e. The van der Waals surface area contributed by atoms with E-state index in [0.717, 1.165) is 31.9 Å². The van der Waals surface area contributed by atoms with E-state index in [1.165, 1.54) is 38.5 Å². The number of hydrogen-bond donors (Lipinski definition) is 4. The molecule has 2 heterocycles. The van der Waals surface area contributed by atoms with E-state index in [2.05, 4.69) is 16.0 Å². The van der Waals surface area contributed by atoms with Gasteiger partial charge in [-0.05, 0) is 31.6 Å². The van der Waals surface area contributed by atoms with Crippen molar-refractivity contribution >= 4 is 0 Å². The molecule has 2 aliphatic heterocycles. The second-order valence-corrected chi connectivity index (χ2v) is 6.57. The fourth-order valence-corrected chi connectivity index (χ4v) is 3.87. The van der Waals surface area contributed by atoms with Gasteiger partial charge in [0.25, 0.3) is 0 Å². The van der Waals surface area contributed by atoms with Gasteiger partial charge in [0, 0.05) is 25.6 Å². The Kier molecular flexibility index (Phi) is 5.29. The van der Waals surface area contributed by atoms with Crippen molar-refractivity contribution in [3.63, 3.8) is 0 Å². The lowest BCUT2D eigenvalue weighted by atomic mass is 9.82. The normalized spacial score (nSPS) is 40.0. The van der Waals surface area contributed by atoms with Crippen LogP contribution >= 0.6 is 0 Å². The molecule has 1 aliphatic carbocycles. The predicted molar refractivity (Wildman–Crippen MR) is 78.0 cm³/mol. The summed E-state index contributed by atoms with van der Waals surface area (Å²) in [6, 6.07) is 0.438. The zero-order valence-corrected chi connectivity index (χ0v) is 12.3. The topological polar surface area (TPSA) is 65.5 Å². The van der Waals surface area contributed by atoms with Gasteiger partial charge in [-0.15, -0.1) is 0 Å². The van der Waals surface area contributed by atoms with E-state index in [1.807, 2.05) is 0 Å². The van der Waals surface area contributed by atoms with Crippen LogP contribution in [0.1, 0.15) is 51.4 Å². The first kappa shape index (κ1) is 14.7. The molecule has 4 N–H and O–H groups in total. The van der Waals surface area contributed by atoms with Gasteiger partial charge in [0.2, 0.25) is 0 Å². The van der Waals surface area contributed by atoms with Gasteiger partial charge in [-0.3, -0.25) is 16.0 Å². The van der Waals surface area contributed by atoms with Crippen molar-refractivity contribution in [2.75, 3.05) is 13.2 Å². The SMILES string of the molecule is OC1CC(C2CCCCC2)NC(NC[C@@H]2CCCO2)N1. The van der Waals surface area contributed by atoms with Crippen LogP contribution < -0.4 is 16.0 Å². The molecule has 0 radical (unpaired) electrons. The fraction of sp³-hybridized carbons (Fsp3) is 1.00. The Morgan fingerprint density at radius 1 is 1.05 bits per heavy atom. The molecule has 0 aromatic heterocycles. The number of aliphatic hydroxyl groups is 1. The van der Waals surface area contributed by atoms with Crippen LogP contribution in [0.15, 0.2) is 0 Å². The molecule has 0 bridgehead atoms. The van der Waals surface area contributed by atoms with E-state index in [1.54, 1.807) is 0 Å². The third kappa shape index (κ3) is 3.92. The highest BCUT2D eigenvalue weighted by atomic mass is 16.5. The van der Waals surface area contributed by atoms with E-state index in [4.69, 9.17) is 4.74 Å². The van der Waals surface area contributed by atoms with Crippen LogP contribution in [0.5, 0.6) is 0 Å². The van der Waals surface area contributed by atoms with E-state index in [-0.39, 0.29) is 6.29 Å². The van der Waals surface area contributed by atoms with Crippen molar-refractivity contribution in [3.8, 4) is 0 Å². The highest BCUT2D eigenvalue weighted by Crippen LogP contribution is 2.29. The molecule has 1 saturated carbocycles. The monoisotopic (exact) mass is 283 g/mol. The van der Waals surface area contributed by atoms with Gasteiger partial charge in [-0.2, -0.15) is 0 Å². The molecule has 5 heteroatoms. The highest BCUT2D eigenvalue weighted by Gasteiger charge is 2.32. The first-order valence-electron chi connectivity index (χ1n) is 8.36. The fourth-order valence-electron chi connectivity index (χ4n) is 3.87. The average molecular weight is 283 g/mol. The Bertz CT molecular complexity index is 291. The summed E-state index contributed by atoms with van der Waals surface area (Å²) in [6.07, 6.45) is 9.78.